The van der Waals surface area contributed by atoms with Crippen LogP contribution in [-0.4, -0.2) is 41.3 Å². The molecule has 0 bridgehead atoms. The monoisotopic (exact) mass is 341 g/mol. The van der Waals surface area contributed by atoms with Crippen molar-refractivity contribution >= 4 is 21.9 Å². The van der Waals surface area contributed by atoms with E-state index in [0.29, 0.717) is 11.6 Å². The first-order chi connectivity index (χ1) is 9.51. The standard InChI is InChI=1S/C15H20BrNO3/c1-3-13-9-20-10(2)7-17(13)8-12-5-4-11(15(18)19)6-14(12)16/h4-6,10,13H,3,7-9H2,1-2H3,(H,18,19). The fraction of sp³-hybridized carbons (Fsp3) is 0.533. The molecule has 0 aromatic heterocycles. The summed E-state index contributed by atoms with van der Waals surface area (Å²) in [5.41, 5.74) is 1.42. The normalized spacial score (nSPS) is 23.8. The highest BCUT2D eigenvalue weighted by Gasteiger charge is 2.25. The fourth-order valence-electron chi connectivity index (χ4n) is 2.51. The van der Waals surface area contributed by atoms with Gasteiger partial charge in [-0.15, -0.1) is 0 Å². The third kappa shape index (κ3) is 3.59. The molecule has 4 nitrogen and oxygen atoms in total. The van der Waals surface area contributed by atoms with Crippen LogP contribution in [0.3, 0.4) is 0 Å². The zero-order valence-corrected chi connectivity index (χ0v) is 13.4. The van der Waals surface area contributed by atoms with E-state index >= 15 is 0 Å². The number of carbonyl (C=O) groups is 1. The first-order valence-corrected chi connectivity index (χ1v) is 7.68. The van der Waals surface area contributed by atoms with Crippen LogP contribution < -0.4 is 0 Å². The summed E-state index contributed by atoms with van der Waals surface area (Å²) in [6.45, 7) is 6.74. The van der Waals surface area contributed by atoms with Crippen LogP contribution in [0.25, 0.3) is 0 Å². The maximum atomic E-state index is 10.9. The Morgan fingerprint density at radius 2 is 2.30 bits per heavy atom. The number of rotatable bonds is 4. The fourth-order valence-corrected chi connectivity index (χ4v) is 3.01. The van der Waals surface area contributed by atoms with Gasteiger partial charge >= 0.3 is 5.97 Å². The average Bonchev–Trinajstić information content (AvgIpc) is 2.41. The van der Waals surface area contributed by atoms with Gasteiger partial charge in [0.05, 0.1) is 18.3 Å². The Morgan fingerprint density at radius 1 is 1.55 bits per heavy atom. The maximum Gasteiger partial charge on any atom is 0.335 e. The largest absolute Gasteiger partial charge is 0.478 e. The number of carboxylic acid groups (broad SMARTS) is 1. The van der Waals surface area contributed by atoms with Crippen molar-refractivity contribution in [3.05, 3.63) is 33.8 Å². The summed E-state index contributed by atoms with van der Waals surface area (Å²) < 4.78 is 6.55. The van der Waals surface area contributed by atoms with Gasteiger partial charge in [-0.1, -0.05) is 28.9 Å². The van der Waals surface area contributed by atoms with Crippen molar-refractivity contribution in [3.63, 3.8) is 0 Å². The van der Waals surface area contributed by atoms with Crippen LogP contribution >= 0.6 is 15.9 Å². The van der Waals surface area contributed by atoms with Crippen molar-refractivity contribution in [1.82, 2.24) is 4.90 Å². The molecule has 0 aliphatic carbocycles. The number of halogens is 1. The van der Waals surface area contributed by atoms with Crippen LogP contribution in [0.15, 0.2) is 22.7 Å². The lowest BCUT2D eigenvalue weighted by Gasteiger charge is -2.38. The highest BCUT2D eigenvalue weighted by atomic mass is 79.9. The Labute approximate surface area is 127 Å². The molecule has 1 saturated heterocycles. The molecule has 1 aliphatic heterocycles. The van der Waals surface area contributed by atoms with E-state index in [-0.39, 0.29) is 6.10 Å². The molecular weight excluding hydrogens is 322 g/mol. The molecule has 1 aromatic carbocycles. The van der Waals surface area contributed by atoms with Crippen LogP contribution in [0.4, 0.5) is 0 Å². The van der Waals surface area contributed by atoms with Crippen molar-refractivity contribution in [3.8, 4) is 0 Å². The van der Waals surface area contributed by atoms with Crippen molar-refractivity contribution in [1.29, 1.82) is 0 Å². The predicted molar refractivity (Wildman–Crippen MR) is 81.0 cm³/mol. The quantitative estimate of drug-likeness (QED) is 0.913. The summed E-state index contributed by atoms with van der Waals surface area (Å²) in [6, 6.07) is 5.65. The number of nitrogens with zero attached hydrogens (tertiary/aromatic N) is 1. The van der Waals surface area contributed by atoms with Gasteiger partial charge in [0.1, 0.15) is 0 Å². The van der Waals surface area contributed by atoms with Gasteiger partial charge in [-0.05, 0) is 31.0 Å². The lowest BCUT2D eigenvalue weighted by Crippen LogP contribution is -2.47. The third-order valence-electron chi connectivity index (χ3n) is 3.73. The van der Waals surface area contributed by atoms with Gasteiger partial charge in [0, 0.05) is 23.6 Å². The van der Waals surface area contributed by atoms with Crippen molar-refractivity contribution in [2.45, 2.75) is 39.0 Å². The number of hydrogen-bond donors (Lipinski definition) is 1. The summed E-state index contributed by atoms with van der Waals surface area (Å²) in [4.78, 5) is 13.4. The minimum atomic E-state index is -0.899. The number of ether oxygens (including phenoxy) is 1. The van der Waals surface area contributed by atoms with Crippen LogP contribution in [0, 0.1) is 0 Å². The van der Waals surface area contributed by atoms with E-state index in [2.05, 4.69) is 34.7 Å². The molecule has 20 heavy (non-hydrogen) atoms. The molecule has 110 valence electrons. The molecule has 1 fully saturated rings. The Hall–Kier alpha value is -0.910. The highest BCUT2D eigenvalue weighted by molar-refractivity contribution is 9.10. The Morgan fingerprint density at radius 3 is 2.90 bits per heavy atom. The molecule has 2 rings (SSSR count). The van der Waals surface area contributed by atoms with Gasteiger partial charge < -0.3 is 9.84 Å². The first kappa shape index (κ1) is 15.5. The number of benzene rings is 1. The second-order valence-corrected chi connectivity index (χ2v) is 6.10. The van der Waals surface area contributed by atoms with E-state index in [4.69, 9.17) is 9.84 Å². The number of morpholine rings is 1. The Balaban J connectivity index is 2.13. The molecule has 1 aromatic rings. The molecule has 0 radical (unpaired) electrons. The zero-order valence-electron chi connectivity index (χ0n) is 11.8. The van der Waals surface area contributed by atoms with E-state index in [1.54, 1.807) is 12.1 Å². The minimum Gasteiger partial charge on any atom is -0.478 e. The predicted octanol–water partition coefficient (Wildman–Crippen LogP) is 3.15. The summed E-state index contributed by atoms with van der Waals surface area (Å²) in [5.74, 6) is -0.899. The Kier molecular flexibility index (Phi) is 5.18. The summed E-state index contributed by atoms with van der Waals surface area (Å²) in [7, 11) is 0. The molecular formula is C15H20BrNO3. The van der Waals surface area contributed by atoms with Crippen molar-refractivity contribution < 1.29 is 14.6 Å². The van der Waals surface area contributed by atoms with E-state index in [1.165, 1.54) is 0 Å². The van der Waals surface area contributed by atoms with Crippen molar-refractivity contribution in [2.75, 3.05) is 13.2 Å². The third-order valence-corrected chi connectivity index (χ3v) is 4.46. The van der Waals surface area contributed by atoms with Crippen LogP contribution in [0.1, 0.15) is 36.2 Å². The average molecular weight is 342 g/mol. The smallest absolute Gasteiger partial charge is 0.335 e. The first-order valence-electron chi connectivity index (χ1n) is 6.88. The van der Waals surface area contributed by atoms with Crippen LogP contribution in [0.5, 0.6) is 0 Å². The number of aromatic carboxylic acids is 1. The topological polar surface area (TPSA) is 49.8 Å². The van der Waals surface area contributed by atoms with Gasteiger partial charge in [0.25, 0.3) is 0 Å². The van der Waals surface area contributed by atoms with Gasteiger partial charge in [0.15, 0.2) is 0 Å². The zero-order chi connectivity index (χ0) is 14.7. The van der Waals surface area contributed by atoms with E-state index in [9.17, 15) is 4.79 Å². The molecule has 0 spiro atoms. The van der Waals surface area contributed by atoms with Gasteiger partial charge in [0.2, 0.25) is 0 Å². The molecule has 2 unspecified atom stereocenters. The van der Waals surface area contributed by atoms with E-state index in [1.807, 2.05) is 6.07 Å². The van der Waals surface area contributed by atoms with Crippen molar-refractivity contribution in [2.24, 2.45) is 0 Å². The minimum absolute atomic E-state index is 0.245. The summed E-state index contributed by atoms with van der Waals surface area (Å²) in [6.07, 6.45) is 1.30. The maximum absolute atomic E-state index is 10.9. The summed E-state index contributed by atoms with van der Waals surface area (Å²) >= 11 is 3.48. The van der Waals surface area contributed by atoms with Gasteiger partial charge in [-0.25, -0.2) is 4.79 Å². The Bertz CT molecular complexity index is 492. The lowest BCUT2D eigenvalue weighted by atomic mass is 10.1. The highest BCUT2D eigenvalue weighted by Crippen LogP contribution is 2.24. The van der Waals surface area contributed by atoms with E-state index < -0.39 is 5.97 Å². The molecule has 0 amide bonds. The van der Waals surface area contributed by atoms with Gasteiger partial charge in [-0.2, -0.15) is 0 Å². The number of carboxylic acids is 1. The SMILES string of the molecule is CCC1COC(C)CN1Cc1ccc(C(=O)O)cc1Br. The molecule has 1 N–H and O–H groups in total. The number of hydrogen-bond acceptors (Lipinski definition) is 3. The lowest BCUT2D eigenvalue weighted by molar-refractivity contribution is -0.0592. The molecule has 1 heterocycles. The van der Waals surface area contributed by atoms with Crippen LogP contribution in [-0.2, 0) is 11.3 Å². The molecule has 0 saturated carbocycles. The molecule has 1 aliphatic rings. The van der Waals surface area contributed by atoms with Crippen LogP contribution in [0.2, 0.25) is 0 Å². The second-order valence-electron chi connectivity index (χ2n) is 5.25. The van der Waals surface area contributed by atoms with E-state index in [0.717, 1.165) is 36.2 Å². The molecule has 5 heteroatoms. The summed E-state index contributed by atoms with van der Waals surface area (Å²) in [5, 5.41) is 8.99. The van der Waals surface area contributed by atoms with Gasteiger partial charge in [-0.3, -0.25) is 4.90 Å². The molecule has 2 atom stereocenters. The second kappa shape index (κ2) is 6.70.